The normalized spacial score (nSPS) is 10.9. The Morgan fingerprint density at radius 1 is 1.33 bits per heavy atom. The first-order valence-electron chi connectivity index (χ1n) is 4.49. The van der Waals surface area contributed by atoms with E-state index in [0.29, 0.717) is 0 Å². The molecule has 74 valence electrons. The molecule has 0 unspecified atom stereocenters. The van der Waals surface area contributed by atoms with Gasteiger partial charge in [-0.05, 0) is 23.8 Å². The van der Waals surface area contributed by atoms with Gasteiger partial charge in [-0.15, -0.1) is 0 Å². The lowest BCUT2D eigenvalue weighted by Gasteiger charge is -1.98. The van der Waals surface area contributed by atoms with Crippen molar-refractivity contribution >= 4 is 22.9 Å². The molecule has 1 aromatic carbocycles. The number of hydrogen-bond acceptors (Lipinski definition) is 3. The molecule has 0 aliphatic rings. The Morgan fingerprint density at radius 2 is 2.13 bits per heavy atom. The predicted octanol–water partition coefficient (Wildman–Crippen LogP) is 0.998. The zero-order valence-electron chi connectivity index (χ0n) is 7.88. The standard InChI is InChI=1S/C12H9NO2/c14-12(15)6-5-9-7-10-3-1-2-4-11(10)13-8-9/h1-8H,(H,14,15)/p-1. The number of para-hydroxylation sites is 1. The number of nitrogens with zero attached hydrogens (tertiary/aromatic N) is 1. The van der Waals surface area contributed by atoms with Gasteiger partial charge in [0.05, 0.1) is 11.5 Å². The monoisotopic (exact) mass is 198 g/mol. The third-order valence-corrected chi connectivity index (χ3v) is 2.02. The van der Waals surface area contributed by atoms with Gasteiger partial charge in [-0.25, -0.2) is 0 Å². The summed E-state index contributed by atoms with van der Waals surface area (Å²) < 4.78 is 0. The molecular weight excluding hydrogens is 190 g/mol. The molecule has 1 aromatic heterocycles. The fourth-order valence-corrected chi connectivity index (χ4v) is 1.34. The highest BCUT2D eigenvalue weighted by Crippen LogP contribution is 2.13. The molecule has 0 atom stereocenters. The van der Waals surface area contributed by atoms with Crippen LogP contribution in [0, 0.1) is 0 Å². The quantitative estimate of drug-likeness (QED) is 0.676. The fraction of sp³-hybridized carbons (Fsp3) is 0. The minimum absolute atomic E-state index is 0.748. The molecule has 0 N–H and O–H groups in total. The van der Waals surface area contributed by atoms with E-state index in [0.717, 1.165) is 22.5 Å². The number of carbonyl (C=O) groups is 1. The van der Waals surface area contributed by atoms with E-state index in [1.54, 1.807) is 6.20 Å². The Hall–Kier alpha value is -2.16. The van der Waals surface area contributed by atoms with Crippen LogP contribution in [-0.4, -0.2) is 11.0 Å². The first-order valence-corrected chi connectivity index (χ1v) is 4.49. The fourth-order valence-electron chi connectivity index (χ4n) is 1.34. The number of carbonyl (C=O) groups excluding carboxylic acids is 1. The largest absolute Gasteiger partial charge is 0.545 e. The second kappa shape index (κ2) is 3.92. The number of aromatic nitrogens is 1. The summed E-state index contributed by atoms with van der Waals surface area (Å²) in [5, 5.41) is 11.2. The molecule has 0 saturated heterocycles. The van der Waals surface area contributed by atoms with E-state index in [4.69, 9.17) is 0 Å². The van der Waals surface area contributed by atoms with Crippen LogP contribution in [0.5, 0.6) is 0 Å². The van der Waals surface area contributed by atoms with Crippen molar-refractivity contribution in [3.63, 3.8) is 0 Å². The van der Waals surface area contributed by atoms with Crippen LogP contribution in [0.4, 0.5) is 0 Å². The number of hydrogen-bond donors (Lipinski definition) is 0. The van der Waals surface area contributed by atoms with Crippen LogP contribution >= 0.6 is 0 Å². The van der Waals surface area contributed by atoms with Crippen molar-refractivity contribution in [1.82, 2.24) is 4.98 Å². The summed E-state index contributed by atoms with van der Waals surface area (Å²) in [5.41, 5.74) is 1.64. The van der Waals surface area contributed by atoms with E-state index in [9.17, 15) is 9.90 Å². The number of rotatable bonds is 2. The van der Waals surface area contributed by atoms with Crippen LogP contribution < -0.4 is 5.11 Å². The maximum atomic E-state index is 10.2. The van der Waals surface area contributed by atoms with E-state index in [1.807, 2.05) is 30.3 Å². The van der Waals surface area contributed by atoms with Crippen molar-refractivity contribution in [2.45, 2.75) is 0 Å². The number of benzene rings is 1. The summed E-state index contributed by atoms with van der Waals surface area (Å²) in [6.45, 7) is 0. The Labute approximate surface area is 86.7 Å². The highest BCUT2D eigenvalue weighted by Gasteiger charge is 1.93. The summed E-state index contributed by atoms with van der Waals surface area (Å²) in [6.07, 6.45) is 4.09. The van der Waals surface area contributed by atoms with E-state index < -0.39 is 5.97 Å². The van der Waals surface area contributed by atoms with Crippen molar-refractivity contribution < 1.29 is 9.90 Å². The van der Waals surface area contributed by atoms with Crippen molar-refractivity contribution in [2.75, 3.05) is 0 Å². The smallest absolute Gasteiger partial charge is 0.0702 e. The molecule has 0 spiro atoms. The second-order valence-electron chi connectivity index (χ2n) is 3.11. The van der Waals surface area contributed by atoms with Gasteiger partial charge in [-0.2, -0.15) is 0 Å². The van der Waals surface area contributed by atoms with Gasteiger partial charge in [0.1, 0.15) is 0 Å². The molecule has 1 heterocycles. The molecule has 0 amide bonds. The van der Waals surface area contributed by atoms with Gasteiger partial charge < -0.3 is 9.90 Å². The average molecular weight is 198 g/mol. The second-order valence-corrected chi connectivity index (χ2v) is 3.11. The van der Waals surface area contributed by atoms with Crippen LogP contribution in [-0.2, 0) is 4.79 Å². The van der Waals surface area contributed by atoms with Crippen LogP contribution in [0.25, 0.3) is 17.0 Å². The lowest BCUT2D eigenvalue weighted by molar-refractivity contribution is -0.297. The van der Waals surface area contributed by atoms with Gasteiger partial charge >= 0.3 is 0 Å². The highest BCUT2D eigenvalue weighted by molar-refractivity contribution is 5.85. The molecule has 0 aliphatic carbocycles. The van der Waals surface area contributed by atoms with Gasteiger partial charge in [-0.1, -0.05) is 24.3 Å². The topological polar surface area (TPSA) is 53.0 Å². The van der Waals surface area contributed by atoms with Crippen LogP contribution in [0.3, 0.4) is 0 Å². The van der Waals surface area contributed by atoms with Gasteiger partial charge in [0.2, 0.25) is 0 Å². The number of pyridine rings is 1. The van der Waals surface area contributed by atoms with Crippen LogP contribution in [0.1, 0.15) is 5.56 Å². The first-order chi connectivity index (χ1) is 7.25. The number of carboxylic acids is 1. The Morgan fingerprint density at radius 3 is 2.93 bits per heavy atom. The van der Waals surface area contributed by atoms with Crippen LogP contribution in [0.2, 0.25) is 0 Å². The minimum atomic E-state index is -1.21. The number of carboxylic acid groups (broad SMARTS) is 1. The van der Waals surface area contributed by atoms with Crippen molar-refractivity contribution in [3.8, 4) is 0 Å². The third kappa shape index (κ3) is 2.20. The summed E-state index contributed by atoms with van der Waals surface area (Å²) in [7, 11) is 0. The van der Waals surface area contributed by atoms with E-state index in [-0.39, 0.29) is 0 Å². The molecular formula is C12H8NO2-. The molecule has 2 aromatic rings. The summed E-state index contributed by atoms with van der Waals surface area (Å²) in [6, 6.07) is 9.53. The molecule has 0 saturated carbocycles. The van der Waals surface area contributed by atoms with Gasteiger partial charge in [-0.3, -0.25) is 4.98 Å². The maximum absolute atomic E-state index is 10.2. The SMILES string of the molecule is O=C([O-])C=Cc1cnc2ccccc2c1. The van der Waals surface area contributed by atoms with E-state index in [1.165, 1.54) is 6.08 Å². The lowest BCUT2D eigenvalue weighted by Crippen LogP contribution is -2.18. The summed E-state index contributed by atoms with van der Waals surface area (Å²) in [4.78, 5) is 14.4. The summed E-state index contributed by atoms with van der Waals surface area (Å²) in [5.74, 6) is -1.21. The molecule has 15 heavy (non-hydrogen) atoms. The Bertz CT molecular complexity index is 532. The molecule has 0 aliphatic heterocycles. The van der Waals surface area contributed by atoms with Gasteiger partial charge in [0.25, 0.3) is 0 Å². The van der Waals surface area contributed by atoms with Gasteiger partial charge in [0, 0.05) is 11.6 Å². The first kappa shape index (κ1) is 9.40. The molecule has 2 rings (SSSR count). The molecule has 0 bridgehead atoms. The lowest BCUT2D eigenvalue weighted by atomic mass is 10.1. The third-order valence-electron chi connectivity index (χ3n) is 2.02. The molecule has 0 fully saturated rings. The van der Waals surface area contributed by atoms with Gasteiger partial charge in [0.15, 0.2) is 0 Å². The molecule has 3 heteroatoms. The minimum Gasteiger partial charge on any atom is -0.545 e. The Balaban J connectivity index is 2.43. The maximum Gasteiger partial charge on any atom is 0.0702 e. The average Bonchev–Trinajstić information content (AvgIpc) is 2.26. The van der Waals surface area contributed by atoms with Crippen molar-refractivity contribution in [2.24, 2.45) is 0 Å². The Kier molecular flexibility index (Phi) is 2.46. The van der Waals surface area contributed by atoms with Crippen LogP contribution in [0.15, 0.2) is 42.6 Å². The number of fused-ring (bicyclic) bond motifs is 1. The molecule has 0 radical (unpaired) electrons. The molecule has 3 nitrogen and oxygen atoms in total. The number of aliphatic carboxylic acids is 1. The zero-order valence-corrected chi connectivity index (χ0v) is 7.88. The van der Waals surface area contributed by atoms with E-state index >= 15 is 0 Å². The van der Waals surface area contributed by atoms with E-state index in [2.05, 4.69) is 4.98 Å². The summed E-state index contributed by atoms with van der Waals surface area (Å²) >= 11 is 0. The van der Waals surface area contributed by atoms with Crippen molar-refractivity contribution in [3.05, 3.63) is 48.2 Å². The predicted molar refractivity (Wildman–Crippen MR) is 55.8 cm³/mol. The zero-order chi connectivity index (χ0) is 10.7. The van der Waals surface area contributed by atoms with Crippen molar-refractivity contribution in [1.29, 1.82) is 0 Å². The highest BCUT2D eigenvalue weighted by atomic mass is 16.4.